The second-order valence-corrected chi connectivity index (χ2v) is 19.6. The van der Waals surface area contributed by atoms with E-state index in [0.717, 1.165) is 93.9 Å². The first kappa shape index (κ1) is 42.8. The molecule has 0 saturated heterocycles. The van der Waals surface area contributed by atoms with Crippen LogP contribution in [0.1, 0.15) is 20.8 Å². The van der Waals surface area contributed by atoms with E-state index in [2.05, 4.69) is 44.0 Å². The van der Waals surface area contributed by atoms with Gasteiger partial charge in [0, 0.05) is 114 Å². The Morgan fingerprint density at radius 3 is 1.20 bits per heavy atom. The zero-order valence-corrected chi connectivity index (χ0v) is 38.7. The molecule has 6 heterocycles. The Kier molecular flexibility index (Phi) is 11.3. The Labute approximate surface area is 391 Å². The number of pyridine rings is 3. The molecule has 0 saturated carbocycles. The number of benzene rings is 4. The highest BCUT2D eigenvalue weighted by Gasteiger charge is 2.20. The van der Waals surface area contributed by atoms with Gasteiger partial charge in [-0.1, -0.05) is 19.7 Å². The summed E-state index contributed by atoms with van der Waals surface area (Å²) >= 11 is 5.07. The number of rotatable bonds is 15. The predicted molar refractivity (Wildman–Crippen MR) is 272 cm³/mol. The number of ketones is 2. The standard InChI is InChI=1S/C54H41N3O6S3/c1-28(2)46(58)25-61-34-7-10-49-37(16-34)43-22-55-19-40(52(43)64-49)31-13-32(41-20-56-23-44-38-17-35(62-26-47(59)29(3)4)8-11-50(38)65-53(41)44)15-33(14-31)42-21-57-24-45-39-18-36(63-27-48(60)30(5)6)9-12-51(39)66-54(42)45/h7-24,46,58H,1,3,5,25-27H2,2,4,6H3. The number of hydrogen-bond acceptors (Lipinski definition) is 12. The molecule has 4 aromatic carbocycles. The molecule has 0 aliphatic carbocycles. The molecule has 0 aliphatic heterocycles. The van der Waals surface area contributed by atoms with Crippen LogP contribution in [0.5, 0.6) is 17.2 Å². The molecule has 0 spiro atoms. The summed E-state index contributed by atoms with van der Waals surface area (Å²) in [6, 6.07) is 24.4. The van der Waals surface area contributed by atoms with E-state index in [9.17, 15) is 14.7 Å². The van der Waals surface area contributed by atoms with Crippen LogP contribution in [0.15, 0.2) is 146 Å². The van der Waals surface area contributed by atoms with Crippen LogP contribution in [0.2, 0.25) is 0 Å². The van der Waals surface area contributed by atoms with Crippen molar-refractivity contribution in [3.8, 4) is 50.6 Å². The van der Waals surface area contributed by atoms with Crippen LogP contribution in [-0.2, 0) is 9.59 Å². The number of aliphatic hydroxyl groups is 1. The minimum absolute atomic E-state index is 0.0786. The molecule has 10 aromatic rings. The maximum atomic E-state index is 12.3. The fraction of sp³-hybridized carbons (Fsp3) is 0.130. The van der Waals surface area contributed by atoms with Crippen LogP contribution in [0.3, 0.4) is 0 Å². The van der Waals surface area contributed by atoms with Crippen molar-refractivity contribution in [1.82, 2.24) is 15.0 Å². The summed E-state index contributed by atoms with van der Waals surface area (Å²) in [5.41, 5.74) is 7.37. The molecule has 0 bridgehead atoms. The van der Waals surface area contributed by atoms with E-state index in [4.69, 9.17) is 29.2 Å². The molecule has 1 N–H and O–H groups in total. The molecule has 12 heteroatoms. The van der Waals surface area contributed by atoms with Crippen LogP contribution >= 0.6 is 34.0 Å². The molecule has 10 rings (SSSR count). The Hall–Kier alpha value is -7.09. The van der Waals surface area contributed by atoms with Gasteiger partial charge in [0.15, 0.2) is 24.8 Å². The maximum absolute atomic E-state index is 12.3. The molecule has 326 valence electrons. The number of aliphatic hydroxyl groups excluding tert-OH is 1. The highest BCUT2D eigenvalue weighted by Crippen LogP contribution is 2.47. The molecule has 1 atom stereocenters. The van der Waals surface area contributed by atoms with Crippen molar-refractivity contribution in [2.24, 2.45) is 0 Å². The summed E-state index contributed by atoms with van der Waals surface area (Å²) in [5.74, 6) is 1.56. The quantitative estimate of drug-likeness (QED) is 0.0791. The second kappa shape index (κ2) is 17.4. The van der Waals surface area contributed by atoms with Crippen molar-refractivity contribution < 1.29 is 28.9 Å². The van der Waals surface area contributed by atoms with Crippen molar-refractivity contribution >= 4 is 106 Å². The topological polar surface area (TPSA) is 121 Å². The number of Topliss-reactive ketones (excluding diaryl/α,β-unsaturated/α-hetero) is 2. The molecular formula is C54H41N3O6S3. The van der Waals surface area contributed by atoms with Crippen LogP contribution < -0.4 is 14.2 Å². The van der Waals surface area contributed by atoms with Gasteiger partial charge < -0.3 is 19.3 Å². The number of carbonyl (C=O) groups excluding carboxylic acids is 2. The lowest BCUT2D eigenvalue weighted by Gasteiger charge is -2.13. The molecule has 6 aromatic heterocycles. The van der Waals surface area contributed by atoms with Crippen LogP contribution in [0, 0.1) is 0 Å². The van der Waals surface area contributed by atoms with E-state index >= 15 is 0 Å². The minimum atomic E-state index is -0.762. The zero-order valence-electron chi connectivity index (χ0n) is 36.3. The fourth-order valence-electron chi connectivity index (χ4n) is 7.85. The third-order valence-electron chi connectivity index (χ3n) is 11.6. The maximum Gasteiger partial charge on any atom is 0.195 e. The van der Waals surface area contributed by atoms with E-state index in [1.807, 2.05) is 85.7 Å². The van der Waals surface area contributed by atoms with E-state index in [0.29, 0.717) is 34.0 Å². The molecule has 0 fully saturated rings. The third kappa shape index (κ3) is 8.02. The number of ether oxygens (including phenoxy) is 3. The van der Waals surface area contributed by atoms with Gasteiger partial charge in [0.1, 0.15) is 30.0 Å². The van der Waals surface area contributed by atoms with Crippen molar-refractivity contribution in [1.29, 1.82) is 0 Å². The first-order chi connectivity index (χ1) is 31.9. The van der Waals surface area contributed by atoms with E-state index in [-0.39, 0.29) is 31.4 Å². The number of aromatic nitrogens is 3. The van der Waals surface area contributed by atoms with Crippen LogP contribution in [0.4, 0.5) is 0 Å². The largest absolute Gasteiger partial charge is 0.491 e. The van der Waals surface area contributed by atoms with Crippen LogP contribution in [-0.4, -0.2) is 57.5 Å². The summed E-state index contributed by atoms with van der Waals surface area (Å²) in [6.07, 6.45) is 10.7. The normalized spacial score (nSPS) is 12.1. The van der Waals surface area contributed by atoms with Crippen molar-refractivity contribution in [3.05, 3.63) is 146 Å². The lowest BCUT2D eigenvalue weighted by molar-refractivity contribution is -0.118. The van der Waals surface area contributed by atoms with E-state index in [1.54, 1.807) is 54.8 Å². The van der Waals surface area contributed by atoms with Gasteiger partial charge in [0.2, 0.25) is 0 Å². The van der Waals surface area contributed by atoms with E-state index in [1.165, 1.54) is 0 Å². The number of hydrogen-bond donors (Lipinski definition) is 1. The molecule has 66 heavy (non-hydrogen) atoms. The third-order valence-corrected chi connectivity index (χ3v) is 15.2. The van der Waals surface area contributed by atoms with Crippen molar-refractivity contribution in [3.63, 3.8) is 0 Å². The van der Waals surface area contributed by atoms with Gasteiger partial charge in [-0.15, -0.1) is 34.0 Å². The number of nitrogens with zero attached hydrogens (tertiary/aromatic N) is 3. The summed E-state index contributed by atoms with van der Waals surface area (Å²) < 4.78 is 24.2. The Morgan fingerprint density at radius 1 is 0.515 bits per heavy atom. The van der Waals surface area contributed by atoms with Gasteiger partial charge in [-0.05, 0) is 127 Å². The smallest absolute Gasteiger partial charge is 0.195 e. The minimum Gasteiger partial charge on any atom is -0.491 e. The molecule has 0 amide bonds. The number of thiophene rings is 3. The van der Waals surface area contributed by atoms with Gasteiger partial charge in [0.25, 0.3) is 0 Å². The monoisotopic (exact) mass is 923 g/mol. The molecule has 9 nitrogen and oxygen atoms in total. The van der Waals surface area contributed by atoms with Gasteiger partial charge in [-0.3, -0.25) is 24.5 Å². The average Bonchev–Trinajstić information content (AvgIpc) is 4.02. The Balaban J connectivity index is 1.13. The lowest BCUT2D eigenvalue weighted by atomic mass is 9.93. The van der Waals surface area contributed by atoms with Gasteiger partial charge in [0.05, 0.1) is 0 Å². The highest BCUT2D eigenvalue weighted by molar-refractivity contribution is 7.27. The van der Waals surface area contributed by atoms with Gasteiger partial charge in [-0.2, -0.15) is 0 Å². The average molecular weight is 924 g/mol. The van der Waals surface area contributed by atoms with Gasteiger partial charge in [-0.25, -0.2) is 0 Å². The predicted octanol–water partition coefficient (Wildman–Crippen LogP) is 13.3. The summed E-state index contributed by atoms with van der Waals surface area (Å²) in [7, 11) is 0. The fourth-order valence-corrected chi connectivity index (χ4v) is 11.4. The first-order valence-electron chi connectivity index (χ1n) is 21.1. The summed E-state index contributed by atoms with van der Waals surface area (Å²) in [4.78, 5) is 39.0. The molecule has 0 radical (unpaired) electrons. The Bertz CT molecular complexity index is 3510. The lowest BCUT2D eigenvalue weighted by Crippen LogP contribution is -2.17. The van der Waals surface area contributed by atoms with Crippen LogP contribution in [0.25, 0.3) is 93.9 Å². The first-order valence-corrected chi connectivity index (χ1v) is 23.5. The molecule has 1 unspecified atom stereocenters. The second-order valence-electron chi connectivity index (χ2n) is 16.4. The highest BCUT2D eigenvalue weighted by atomic mass is 32.1. The molecular weight excluding hydrogens is 883 g/mol. The summed E-state index contributed by atoms with van der Waals surface area (Å²) in [5, 5.41) is 16.3. The summed E-state index contributed by atoms with van der Waals surface area (Å²) in [6.45, 7) is 16.5. The van der Waals surface area contributed by atoms with Gasteiger partial charge >= 0.3 is 0 Å². The van der Waals surface area contributed by atoms with Crippen molar-refractivity contribution in [2.75, 3.05) is 19.8 Å². The number of carbonyl (C=O) groups is 2. The number of fused-ring (bicyclic) bond motifs is 9. The van der Waals surface area contributed by atoms with Crippen molar-refractivity contribution in [2.45, 2.75) is 26.9 Å². The SMILES string of the molecule is C=C(C)C(=O)COc1ccc2sc3c(-c4cc(-c5cncc6c5sc5ccc(OCC(=O)C(=C)C)cc56)cc(-c5cncc6c5sc5ccc(OCC(O)C(=C)C)cc56)c4)cncc3c2c1. The zero-order chi connectivity index (χ0) is 45.8. The molecule has 0 aliphatic rings. The van der Waals surface area contributed by atoms with E-state index < -0.39 is 6.10 Å². The Morgan fingerprint density at radius 2 is 0.864 bits per heavy atom.